The summed E-state index contributed by atoms with van der Waals surface area (Å²) in [4.78, 5) is 27.8. The molecule has 1 amide bonds. The maximum Gasteiger partial charge on any atom is 0.339 e. The van der Waals surface area contributed by atoms with Crippen molar-refractivity contribution in [3.05, 3.63) is 68.3 Å². The van der Waals surface area contributed by atoms with Gasteiger partial charge in [0, 0.05) is 41.4 Å². The number of fused-ring (bicyclic) bond motifs is 3. The molecule has 0 aliphatic carbocycles. The molecule has 0 saturated carbocycles. The molecule has 0 fully saturated rings. The van der Waals surface area contributed by atoms with E-state index in [9.17, 15) is 9.59 Å². The van der Waals surface area contributed by atoms with Gasteiger partial charge in [-0.15, -0.1) is 0 Å². The van der Waals surface area contributed by atoms with Crippen LogP contribution in [0.3, 0.4) is 0 Å². The van der Waals surface area contributed by atoms with Crippen molar-refractivity contribution in [1.29, 1.82) is 0 Å². The Morgan fingerprint density at radius 3 is 2.40 bits per heavy atom. The van der Waals surface area contributed by atoms with E-state index in [0.717, 1.165) is 50.6 Å². The van der Waals surface area contributed by atoms with Gasteiger partial charge in [0.15, 0.2) is 11.5 Å². The first-order chi connectivity index (χ1) is 16.8. The Bertz CT molecular complexity index is 1530. The highest BCUT2D eigenvalue weighted by Crippen LogP contribution is 2.34. The summed E-state index contributed by atoms with van der Waals surface area (Å²) in [6, 6.07) is 5.94. The van der Waals surface area contributed by atoms with E-state index in [1.54, 1.807) is 20.5 Å². The summed E-state index contributed by atoms with van der Waals surface area (Å²) in [5.74, 6) is 1.37. The summed E-state index contributed by atoms with van der Waals surface area (Å²) in [7, 11) is 3.22. The highest BCUT2D eigenvalue weighted by atomic mass is 16.5. The van der Waals surface area contributed by atoms with Crippen molar-refractivity contribution < 1.29 is 23.1 Å². The number of furan rings is 1. The van der Waals surface area contributed by atoms with Gasteiger partial charge in [-0.1, -0.05) is 0 Å². The monoisotopic (exact) mass is 475 g/mol. The van der Waals surface area contributed by atoms with Gasteiger partial charge in [0.2, 0.25) is 5.91 Å². The molecule has 2 aromatic carbocycles. The first kappa shape index (κ1) is 23.0. The SMILES string of the molecule is COc1cc2c(cc1OC)CN(C(=O)CCc1c(C)c3cc4c(C)coc4c(C)c3oc1=O)CC2. The van der Waals surface area contributed by atoms with E-state index in [0.29, 0.717) is 42.2 Å². The molecule has 4 aromatic rings. The van der Waals surface area contributed by atoms with Gasteiger partial charge in [0.25, 0.3) is 0 Å². The lowest BCUT2D eigenvalue weighted by atomic mass is 9.97. The molecule has 35 heavy (non-hydrogen) atoms. The predicted octanol–water partition coefficient (Wildman–Crippen LogP) is 5.00. The van der Waals surface area contributed by atoms with Crippen LogP contribution in [-0.4, -0.2) is 31.6 Å². The van der Waals surface area contributed by atoms with Gasteiger partial charge in [-0.3, -0.25) is 4.79 Å². The van der Waals surface area contributed by atoms with E-state index in [2.05, 4.69) is 0 Å². The van der Waals surface area contributed by atoms with Crippen molar-refractivity contribution >= 4 is 27.8 Å². The molecule has 7 nitrogen and oxygen atoms in total. The number of benzene rings is 2. The number of methoxy groups -OCH3 is 2. The Morgan fingerprint density at radius 1 is 0.971 bits per heavy atom. The van der Waals surface area contributed by atoms with E-state index in [1.165, 1.54) is 0 Å². The zero-order valence-electron chi connectivity index (χ0n) is 20.7. The van der Waals surface area contributed by atoms with E-state index in [1.807, 2.05) is 43.9 Å². The largest absolute Gasteiger partial charge is 0.493 e. The molecule has 0 atom stereocenters. The number of carbonyl (C=O) groups is 1. The number of aryl methyl sites for hydroxylation is 3. The molecule has 182 valence electrons. The number of hydrogen-bond acceptors (Lipinski definition) is 6. The summed E-state index contributed by atoms with van der Waals surface area (Å²) in [6.45, 7) is 6.96. The molecule has 0 spiro atoms. The van der Waals surface area contributed by atoms with Crippen molar-refractivity contribution in [1.82, 2.24) is 4.90 Å². The summed E-state index contributed by atoms with van der Waals surface area (Å²) in [5.41, 5.74) is 6.35. The molecular weight excluding hydrogens is 446 g/mol. The third-order valence-corrected chi connectivity index (χ3v) is 7.19. The van der Waals surface area contributed by atoms with Crippen molar-refractivity contribution in [2.24, 2.45) is 0 Å². The van der Waals surface area contributed by atoms with Crippen LogP contribution in [0.1, 0.15) is 39.8 Å². The fourth-order valence-corrected chi connectivity index (χ4v) is 5.09. The average Bonchev–Trinajstić information content (AvgIpc) is 3.24. The standard InChI is InChI=1S/C28H29NO6/c1-15-14-34-26-17(3)27-22(12-21(15)26)16(2)20(28(31)35-27)6-7-25(30)29-9-8-18-10-23(32-4)24(33-5)11-19(18)13-29/h10-12,14H,6-9,13H2,1-5H3. The van der Waals surface area contributed by atoms with Crippen LogP contribution >= 0.6 is 0 Å². The van der Waals surface area contributed by atoms with E-state index < -0.39 is 5.63 Å². The molecular formula is C28H29NO6. The molecule has 0 N–H and O–H groups in total. The summed E-state index contributed by atoms with van der Waals surface area (Å²) < 4.78 is 22.2. The van der Waals surface area contributed by atoms with Crippen molar-refractivity contribution in [2.45, 2.75) is 46.6 Å². The van der Waals surface area contributed by atoms with Crippen LogP contribution in [0.5, 0.6) is 11.5 Å². The molecule has 5 rings (SSSR count). The summed E-state index contributed by atoms with van der Waals surface area (Å²) >= 11 is 0. The Balaban J connectivity index is 1.39. The van der Waals surface area contributed by atoms with E-state index >= 15 is 0 Å². The van der Waals surface area contributed by atoms with E-state index in [4.69, 9.17) is 18.3 Å². The van der Waals surface area contributed by atoms with Gasteiger partial charge in [-0.25, -0.2) is 4.79 Å². The normalized spacial score (nSPS) is 13.3. The Labute approximate surface area is 203 Å². The zero-order chi connectivity index (χ0) is 24.9. The predicted molar refractivity (Wildman–Crippen MR) is 133 cm³/mol. The zero-order valence-corrected chi connectivity index (χ0v) is 20.7. The molecule has 7 heteroatoms. The van der Waals surface area contributed by atoms with Gasteiger partial charge in [0.1, 0.15) is 11.2 Å². The topological polar surface area (TPSA) is 82.1 Å². The molecule has 0 radical (unpaired) electrons. The van der Waals surface area contributed by atoms with Gasteiger partial charge in [-0.05, 0) is 74.1 Å². The van der Waals surface area contributed by atoms with Crippen LogP contribution < -0.4 is 15.1 Å². The van der Waals surface area contributed by atoms with Crippen LogP contribution in [0, 0.1) is 20.8 Å². The molecule has 1 aliphatic rings. The summed E-state index contributed by atoms with van der Waals surface area (Å²) in [6.07, 6.45) is 3.04. The fraction of sp³-hybridized carbons (Fsp3) is 0.357. The van der Waals surface area contributed by atoms with Crippen LogP contribution in [0.2, 0.25) is 0 Å². The minimum absolute atomic E-state index is 0.0154. The molecule has 2 aromatic heterocycles. The lowest BCUT2D eigenvalue weighted by molar-refractivity contribution is -0.132. The van der Waals surface area contributed by atoms with Crippen molar-refractivity contribution in [3.63, 3.8) is 0 Å². The van der Waals surface area contributed by atoms with Crippen LogP contribution in [0.4, 0.5) is 0 Å². The van der Waals surface area contributed by atoms with Gasteiger partial charge < -0.3 is 23.2 Å². The van der Waals surface area contributed by atoms with Gasteiger partial charge >= 0.3 is 5.63 Å². The number of rotatable bonds is 5. The molecule has 3 heterocycles. The van der Waals surface area contributed by atoms with Crippen LogP contribution in [0.15, 0.2) is 38.1 Å². The maximum atomic E-state index is 13.1. The quantitative estimate of drug-likeness (QED) is 0.378. The van der Waals surface area contributed by atoms with Gasteiger partial charge in [0.05, 0.1) is 20.5 Å². The number of ether oxygens (including phenoxy) is 2. The molecule has 0 unspecified atom stereocenters. The smallest absolute Gasteiger partial charge is 0.339 e. The average molecular weight is 476 g/mol. The third-order valence-electron chi connectivity index (χ3n) is 7.19. The molecule has 0 saturated heterocycles. The van der Waals surface area contributed by atoms with Crippen molar-refractivity contribution in [2.75, 3.05) is 20.8 Å². The molecule has 1 aliphatic heterocycles. The minimum Gasteiger partial charge on any atom is -0.493 e. The number of amides is 1. The lowest BCUT2D eigenvalue weighted by Crippen LogP contribution is -2.36. The second-order valence-corrected chi connectivity index (χ2v) is 9.21. The summed E-state index contributed by atoms with van der Waals surface area (Å²) in [5, 5.41) is 1.89. The van der Waals surface area contributed by atoms with Gasteiger partial charge in [-0.2, -0.15) is 0 Å². The van der Waals surface area contributed by atoms with E-state index in [-0.39, 0.29) is 12.3 Å². The molecule has 0 bridgehead atoms. The number of carbonyl (C=O) groups excluding carboxylic acids is 1. The maximum absolute atomic E-state index is 13.1. The lowest BCUT2D eigenvalue weighted by Gasteiger charge is -2.29. The Hall–Kier alpha value is -3.74. The van der Waals surface area contributed by atoms with Crippen molar-refractivity contribution in [3.8, 4) is 11.5 Å². The first-order valence-corrected chi connectivity index (χ1v) is 11.8. The van der Waals surface area contributed by atoms with Crippen LogP contribution in [-0.2, 0) is 24.2 Å². The first-order valence-electron chi connectivity index (χ1n) is 11.8. The highest BCUT2D eigenvalue weighted by Gasteiger charge is 2.24. The highest BCUT2D eigenvalue weighted by molar-refractivity contribution is 5.99. The Kier molecular flexibility index (Phi) is 5.79. The number of hydrogen-bond donors (Lipinski definition) is 0. The van der Waals surface area contributed by atoms with Crippen LogP contribution in [0.25, 0.3) is 21.9 Å². The minimum atomic E-state index is -0.394. The Morgan fingerprint density at radius 2 is 1.69 bits per heavy atom. The number of nitrogens with zero attached hydrogens (tertiary/aromatic N) is 1. The fourth-order valence-electron chi connectivity index (χ4n) is 5.09. The second kappa shape index (κ2) is 8.80. The second-order valence-electron chi connectivity index (χ2n) is 9.21. The third kappa shape index (κ3) is 3.85.